The summed E-state index contributed by atoms with van der Waals surface area (Å²) < 4.78 is 0. The largest absolute Gasteiger partial charge is 0.352 e. The van der Waals surface area contributed by atoms with E-state index in [1.807, 2.05) is 44.2 Å². The number of benzene rings is 3. The van der Waals surface area contributed by atoms with Crippen molar-refractivity contribution in [3.8, 4) is 0 Å². The van der Waals surface area contributed by atoms with E-state index in [0.29, 0.717) is 27.8 Å². The number of carbonyl (C=O) groups excluding carboxylic acids is 2. The zero-order valence-electron chi connectivity index (χ0n) is 21.5. The van der Waals surface area contributed by atoms with Crippen molar-refractivity contribution in [1.29, 1.82) is 0 Å². The minimum atomic E-state index is -0.712. The average Bonchev–Trinajstić information content (AvgIpc) is 2.89. The zero-order valence-corrected chi connectivity index (χ0v) is 23.9. The molecule has 0 aliphatic rings. The number of nitrogens with one attached hydrogen (secondary N) is 1. The van der Waals surface area contributed by atoms with E-state index in [0.717, 1.165) is 17.5 Å². The molecule has 0 heterocycles. The number of carbonyl (C=O) groups is 2. The van der Waals surface area contributed by atoms with Gasteiger partial charge in [0.15, 0.2) is 0 Å². The van der Waals surface area contributed by atoms with E-state index < -0.39 is 6.04 Å². The summed E-state index contributed by atoms with van der Waals surface area (Å²) in [5.41, 5.74) is 3.96. The summed E-state index contributed by atoms with van der Waals surface area (Å²) in [6.07, 6.45) is 1.18. The first-order valence-electron chi connectivity index (χ1n) is 12.5. The lowest BCUT2D eigenvalue weighted by atomic mass is 10.0. The number of nitrogens with zero attached hydrogens (tertiary/aromatic N) is 1. The molecule has 0 saturated heterocycles. The quantitative estimate of drug-likeness (QED) is 0.259. The van der Waals surface area contributed by atoms with Crippen LogP contribution in [0.2, 0.25) is 10.0 Å². The second-order valence-electron chi connectivity index (χ2n) is 9.22. The van der Waals surface area contributed by atoms with Gasteiger partial charge in [-0.25, -0.2) is 0 Å². The molecular weight excluding hydrogens is 523 g/mol. The monoisotopic (exact) mass is 556 g/mol. The van der Waals surface area contributed by atoms with Crippen LogP contribution in [0.3, 0.4) is 0 Å². The standard InChI is InChI=1S/C30H34Cl2N2O2S/c1-4-22(3)33-30(36)28(17-23-9-6-5-7-10-23)34(18-25-26(31)11-8-12-27(25)32)29(35)20-37-19-24-15-13-21(2)14-16-24/h5-16,22,28H,4,17-20H2,1-3H3,(H,33,36). The normalized spacial score (nSPS) is 12.6. The van der Waals surface area contributed by atoms with Gasteiger partial charge in [0.2, 0.25) is 11.8 Å². The molecule has 2 amide bonds. The van der Waals surface area contributed by atoms with E-state index in [4.69, 9.17) is 23.2 Å². The predicted octanol–water partition coefficient (Wildman–Crippen LogP) is 7.09. The van der Waals surface area contributed by atoms with Crippen LogP contribution < -0.4 is 5.32 Å². The third-order valence-corrected chi connectivity index (χ3v) is 7.97. The van der Waals surface area contributed by atoms with Gasteiger partial charge in [0.1, 0.15) is 6.04 Å². The van der Waals surface area contributed by atoms with Gasteiger partial charge in [-0.2, -0.15) is 0 Å². The summed E-state index contributed by atoms with van der Waals surface area (Å²) >= 11 is 14.5. The maximum atomic E-state index is 13.7. The van der Waals surface area contributed by atoms with Crippen LogP contribution in [0.1, 0.15) is 42.5 Å². The van der Waals surface area contributed by atoms with E-state index >= 15 is 0 Å². The van der Waals surface area contributed by atoms with Gasteiger partial charge in [-0.05, 0) is 43.5 Å². The number of halogens is 2. The number of hydrogen-bond donors (Lipinski definition) is 1. The number of rotatable bonds is 12. The Morgan fingerprint density at radius 3 is 2.19 bits per heavy atom. The van der Waals surface area contributed by atoms with Crippen LogP contribution in [0.25, 0.3) is 0 Å². The molecule has 0 spiro atoms. The van der Waals surface area contributed by atoms with Gasteiger partial charge < -0.3 is 10.2 Å². The van der Waals surface area contributed by atoms with Crippen LogP contribution in [0, 0.1) is 6.92 Å². The van der Waals surface area contributed by atoms with Crippen molar-refractivity contribution < 1.29 is 9.59 Å². The molecule has 3 rings (SSSR count). The van der Waals surface area contributed by atoms with Crippen LogP contribution in [0.15, 0.2) is 72.8 Å². The Kier molecular flexibility index (Phi) is 11.4. The van der Waals surface area contributed by atoms with Gasteiger partial charge in [0.05, 0.1) is 5.75 Å². The molecule has 0 fully saturated rings. The van der Waals surface area contributed by atoms with E-state index in [1.165, 1.54) is 17.3 Å². The van der Waals surface area contributed by atoms with Gasteiger partial charge in [0.25, 0.3) is 0 Å². The third kappa shape index (κ3) is 8.80. The van der Waals surface area contributed by atoms with Crippen molar-refractivity contribution >= 4 is 46.8 Å². The summed E-state index contributed by atoms with van der Waals surface area (Å²) in [7, 11) is 0. The van der Waals surface area contributed by atoms with Crippen LogP contribution >= 0.6 is 35.0 Å². The van der Waals surface area contributed by atoms with E-state index in [2.05, 4.69) is 36.5 Å². The SMILES string of the molecule is CCC(C)NC(=O)C(Cc1ccccc1)N(Cc1c(Cl)cccc1Cl)C(=O)CSCc1ccc(C)cc1. The van der Waals surface area contributed by atoms with E-state index in [9.17, 15) is 9.59 Å². The van der Waals surface area contributed by atoms with Gasteiger partial charge >= 0.3 is 0 Å². The van der Waals surface area contributed by atoms with E-state index in [-0.39, 0.29) is 30.2 Å². The summed E-state index contributed by atoms with van der Waals surface area (Å²) in [6, 6.07) is 22.6. The molecule has 0 aliphatic heterocycles. The van der Waals surface area contributed by atoms with Crippen LogP contribution in [0.4, 0.5) is 0 Å². The van der Waals surface area contributed by atoms with Crippen molar-refractivity contribution in [3.05, 3.63) is 105 Å². The van der Waals surface area contributed by atoms with Crippen molar-refractivity contribution in [1.82, 2.24) is 10.2 Å². The molecular formula is C30H34Cl2N2O2S. The topological polar surface area (TPSA) is 49.4 Å². The maximum Gasteiger partial charge on any atom is 0.243 e. The zero-order chi connectivity index (χ0) is 26.8. The Labute approximate surface area is 234 Å². The summed E-state index contributed by atoms with van der Waals surface area (Å²) in [5, 5.41) is 4.02. The van der Waals surface area contributed by atoms with Crippen LogP contribution in [-0.4, -0.2) is 34.6 Å². The Bertz CT molecular complexity index is 1150. The molecule has 0 saturated carbocycles. The molecule has 196 valence electrons. The fourth-order valence-electron chi connectivity index (χ4n) is 3.87. The number of hydrogen-bond acceptors (Lipinski definition) is 3. The summed E-state index contributed by atoms with van der Waals surface area (Å²) in [5.74, 6) is 0.624. The smallest absolute Gasteiger partial charge is 0.243 e. The highest BCUT2D eigenvalue weighted by Gasteiger charge is 2.31. The third-order valence-electron chi connectivity index (χ3n) is 6.28. The molecule has 37 heavy (non-hydrogen) atoms. The maximum absolute atomic E-state index is 13.7. The molecule has 0 bridgehead atoms. The molecule has 2 atom stereocenters. The molecule has 1 N–H and O–H groups in total. The van der Waals surface area contributed by atoms with Gasteiger partial charge in [-0.3, -0.25) is 9.59 Å². The second-order valence-corrected chi connectivity index (χ2v) is 11.0. The van der Waals surface area contributed by atoms with Crippen molar-refractivity contribution in [2.24, 2.45) is 0 Å². The van der Waals surface area contributed by atoms with Gasteiger partial charge in [-0.1, -0.05) is 96.4 Å². The van der Waals surface area contributed by atoms with E-state index in [1.54, 1.807) is 23.1 Å². The van der Waals surface area contributed by atoms with Crippen LogP contribution in [0.5, 0.6) is 0 Å². The Balaban J connectivity index is 1.90. The molecule has 4 nitrogen and oxygen atoms in total. The minimum Gasteiger partial charge on any atom is -0.352 e. The van der Waals surface area contributed by atoms with Crippen molar-refractivity contribution in [3.63, 3.8) is 0 Å². The first-order chi connectivity index (χ1) is 17.8. The second kappa shape index (κ2) is 14.5. The first kappa shape index (κ1) is 29.1. The fraction of sp³-hybridized carbons (Fsp3) is 0.333. The van der Waals surface area contributed by atoms with Crippen molar-refractivity contribution in [2.45, 2.75) is 58.0 Å². The Hall–Kier alpha value is -2.47. The van der Waals surface area contributed by atoms with Gasteiger partial charge in [-0.15, -0.1) is 11.8 Å². The minimum absolute atomic E-state index is 0.0115. The molecule has 3 aromatic rings. The molecule has 3 aromatic carbocycles. The molecule has 0 aromatic heterocycles. The lowest BCUT2D eigenvalue weighted by Crippen LogP contribution is -2.52. The molecule has 0 aliphatic carbocycles. The lowest BCUT2D eigenvalue weighted by Gasteiger charge is -2.32. The van der Waals surface area contributed by atoms with Crippen molar-refractivity contribution in [2.75, 3.05) is 5.75 Å². The highest BCUT2D eigenvalue weighted by molar-refractivity contribution is 7.99. The molecule has 0 radical (unpaired) electrons. The van der Waals surface area contributed by atoms with Gasteiger partial charge in [0, 0.05) is 40.4 Å². The summed E-state index contributed by atoms with van der Waals surface area (Å²) in [6.45, 7) is 6.18. The molecule has 2 unspecified atom stereocenters. The van der Waals surface area contributed by atoms with Crippen LogP contribution in [-0.2, 0) is 28.3 Å². The number of thioether (sulfide) groups is 1. The fourth-order valence-corrected chi connectivity index (χ4v) is 5.26. The average molecular weight is 558 g/mol. The Morgan fingerprint density at radius 2 is 1.57 bits per heavy atom. The highest BCUT2D eigenvalue weighted by Crippen LogP contribution is 2.28. The lowest BCUT2D eigenvalue weighted by molar-refractivity contribution is -0.139. The summed E-state index contributed by atoms with van der Waals surface area (Å²) in [4.78, 5) is 29.0. The highest BCUT2D eigenvalue weighted by atomic mass is 35.5. The molecule has 7 heteroatoms. The number of aryl methyl sites for hydroxylation is 1. The number of amides is 2. The first-order valence-corrected chi connectivity index (χ1v) is 14.4. The Morgan fingerprint density at radius 1 is 0.919 bits per heavy atom. The predicted molar refractivity (Wildman–Crippen MR) is 156 cm³/mol.